The van der Waals surface area contributed by atoms with Crippen molar-refractivity contribution in [3.8, 4) is 0 Å². The number of nitrogen functional groups attached to an aromatic ring is 1. The molecule has 0 radical (unpaired) electrons. The lowest BCUT2D eigenvalue weighted by atomic mass is 9.72. The van der Waals surface area contributed by atoms with E-state index in [9.17, 15) is 13.2 Å². The first-order chi connectivity index (χ1) is 12.0. The zero-order valence-corrected chi connectivity index (χ0v) is 15.9. The van der Waals surface area contributed by atoms with Crippen molar-refractivity contribution in [2.45, 2.75) is 26.3 Å². The van der Waals surface area contributed by atoms with Gasteiger partial charge in [0.2, 0.25) is 10.0 Å². The van der Waals surface area contributed by atoms with Gasteiger partial charge in [-0.25, -0.2) is 13.1 Å². The molecule has 2 aromatic carbocycles. The van der Waals surface area contributed by atoms with Crippen molar-refractivity contribution >= 4 is 27.3 Å². The molecule has 3 rings (SSSR count). The van der Waals surface area contributed by atoms with Gasteiger partial charge in [0.15, 0.2) is 0 Å². The highest BCUT2D eigenvalue weighted by atomic mass is 32.2. The Labute approximate surface area is 153 Å². The van der Waals surface area contributed by atoms with Crippen LogP contribution in [0.4, 0.5) is 11.4 Å². The third kappa shape index (κ3) is 3.83. The highest BCUT2D eigenvalue weighted by molar-refractivity contribution is 7.89. The Morgan fingerprint density at radius 2 is 1.96 bits per heavy atom. The minimum Gasteiger partial charge on any atom is -0.399 e. The predicted octanol–water partition coefficient (Wildman–Crippen LogP) is 2.69. The lowest BCUT2D eigenvalue weighted by Crippen LogP contribution is -2.35. The smallest absolute Gasteiger partial charge is 0.264 e. The Kier molecular flexibility index (Phi) is 4.44. The number of carbonyl (C=O) groups excluding carboxylic acids is 1. The van der Waals surface area contributed by atoms with Crippen molar-refractivity contribution in [1.82, 2.24) is 4.72 Å². The highest BCUT2D eigenvalue weighted by Gasteiger charge is 2.36. The molecule has 0 spiro atoms. The number of hydrogen-bond acceptors (Lipinski definition) is 5. The van der Waals surface area contributed by atoms with Gasteiger partial charge in [0, 0.05) is 16.9 Å². The van der Waals surface area contributed by atoms with Crippen LogP contribution in [0.5, 0.6) is 0 Å². The average molecular weight is 373 g/mol. The topological polar surface area (TPSA) is 101 Å². The van der Waals surface area contributed by atoms with Crippen LogP contribution in [-0.4, -0.2) is 20.6 Å². The van der Waals surface area contributed by atoms with Crippen LogP contribution in [0.15, 0.2) is 42.5 Å². The molecular weight excluding hydrogens is 350 g/mol. The molecule has 0 fully saturated rings. The standard InChI is InChI=1S/C19H23N3O3S/c1-19(2)11-14-9-13(18(23)22-26(3,24)25)7-8-16(14)21-17(19)12-5-4-6-15(20)10-12/h4-10,17,21H,11,20H2,1-3H3,(H,22,23). The Morgan fingerprint density at radius 1 is 1.23 bits per heavy atom. The zero-order chi connectivity index (χ0) is 19.1. The monoisotopic (exact) mass is 373 g/mol. The van der Waals surface area contributed by atoms with E-state index in [1.807, 2.05) is 29.0 Å². The van der Waals surface area contributed by atoms with Gasteiger partial charge in [-0.2, -0.15) is 0 Å². The van der Waals surface area contributed by atoms with Crippen molar-refractivity contribution < 1.29 is 13.2 Å². The summed E-state index contributed by atoms with van der Waals surface area (Å²) in [6, 6.07) is 13.1. The van der Waals surface area contributed by atoms with E-state index in [1.165, 1.54) is 0 Å². The summed E-state index contributed by atoms with van der Waals surface area (Å²) >= 11 is 0. The average Bonchev–Trinajstić information content (AvgIpc) is 2.51. The number of amides is 1. The number of anilines is 2. The largest absolute Gasteiger partial charge is 0.399 e. The first-order valence-corrected chi connectivity index (χ1v) is 10.2. The second-order valence-corrected chi connectivity index (χ2v) is 9.24. The molecule has 1 aliphatic heterocycles. The van der Waals surface area contributed by atoms with E-state index in [0.717, 1.165) is 35.2 Å². The Hall–Kier alpha value is -2.54. The fourth-order valence-electron chi connectivity index (χ4n) is 3.47. The second kappa shape index (κ2) is 6.32. The Bertz CT molecular complexity index is 968. The molecule has 0 aromatic heterocycles. The van der Waals surface area contributed by atoms with Gasteiger partial charge in [-0.3, -0.25) is 4.79 Å². The summed E-state index contributed by atoms with van der Waals surface area (Å²) in [6.45, 7) is 4.31. The SMILES string of the molecule is CC1(C)Cc2cc(C(=O)NS(C)(=O)=O)ccc2NC1c1cccc(N)c1. The molecule has 1 atom stereocenters. The molecule has 6 nitrogen and oxygen atoms in total. The van der Waals surface area contributed by atoms with Crippen molar-refractivity contribution in [3.63, 3.8) is 0 Å². The summed E-state index contributed by atoms with van der Waals surface area (Å²) in [6.07, 6.45) is 1.71. The quantitative estimate of drug-likeness (QED) is 0.718. The normalized spacial score (nSPS) is 18.5. The number of benzene rings is 2. The van der Waals surface area contributed by atoms with Gasteiger partial charge in [-0.05, 0) is 53.3 Å². The van der Waals surface area contributed by atoms with Gasteiger partial charge in [-0.1, -0.05) is 26.0 Å². The van der Waals surface area contributed by atoms with Crippen LogP contribution in [0.25, 0.3) is 0 Å². The molecule has 1 aliphatic rings. The van der Waals surface area contributed by atoms with Crippen molar-refractivity contribution in [1.29, 1.82) is 0 Å². The van der Waals surface area contributed by atoms with Crippen LogP contribution in [0.1, 0.15) is 41.4 Å². The molecule has 1 unspecified atom stereocenters. The molecule has 1 heterocycles. The maximum atomic E-state index is 12.1. The molecule has 4 N–H and O–H groups in total. The molecule has 0 saturated heterocycles. The van der Waals surface area contributed by atoms with E-state index < -0.39 is 15.9 Å². The van der Waals surface area contributed by atoms with E-state index in [0.29, 0.717) is 5.56 Å². The van der Waals surface area contributed by atoms with Crippen LogP contribution < -0.4 is 15.8 Å². The van der Waals surface area contributed by atoms with Gasteiger partial charge >= 0.3 is 0 Å². The lowest BCUT2D eigenvalue weighted by molar-refractivity contribution is 0.0981. The van der Waals surface area contributed by atoms with Crippen LogP contribution in [0.2, 0.25) is 0 Å². The Morgan fingerprint density at radius 3 is 2.62 bits per heavy atom. The van der Waals surface area contributed by atoms with Gasteiger partial charge < -0.3 is 11.1 Å². The van der Waals surface area contributed by atoms with Gasteiger partial charge in [0.25, 0.3) is 5.91 Å². The molecule has 2 aromatic rings. The molecule has 26 heavy (non-hydrogen) atoms. The minimum atomic E-state index is -3.59. The molecule has 7 heteroatoms. The summed E-state index contributed by atoms with van der Waals surface area (Å²) < 4.78 is 24.6. The van der Waals surface area contributed by atoms with Crippen molar-refractivity contribution in [3.05, 3.63) is 59.2 Å². The highest BCUT2D eigenvalue weighted by Crippen LogP contribution is 2.45. The first-order valence-electron chi connectivity index (χ1n) is 8.32. The second-order valence-electron chi connectivity index (χ2n) is 7.49. The number of sulfonamides is 1. The van der Waals surface area contributed by atoms with E-state index in [-0.39, 0.29) is 11.5 Å². The molecular formula is C19H23N3O3S. The molecule has 0 saturated carbocycles. The number of rotatable bonds is 3. The minimum absolute atomic E-state index is 0.0780. The van der Waals surface area contributed by atoms with Crippen molar-refractivity contribution in [2.24, 2.45) is 5.41 Å². The van der Waals surface area contributed by atoms with Crippen LogP contribution in [-0.2, 0) is 16.4 Å². The van der Waals surface area contributed by atoms with Gasteiger partial charge in [0.1, 0.15) is 0 Å². The maximum Gasteiger partial charge on any atom is 0.264 e. The van der Waals surface area contributed by atoms with Gasteiger partial charge in [-0.15, -0.1) is 0 Å². The number of nitrogens with two attached hydrogens (primary N) is 1. The fourth-order valence-corrected chi connectivity index (χ4v) is 3.92. The fraction of sp³-hybridized carbons (Fsp3) is 0.316. The molecule has 138 valence electrons. The number of nitrogens with one attached hydrogen (secondary N) is 2. The summed E-state index contributed by atoms with van der Waals surface area (Å²) in [4.78, 5) is 12.1. The summed E-state index contributed by atoms with van der Waals surface area (Å²) in [5, 5.41) is 3.54. The zero-order valence-electron chi connectivity index (χ0n) is 15.0. The number of carbonyl (C=O) groups is 1. The first kappa shape index (κ1) is 18.3. The third-order valence-electron chi connectivity index (χ3n) is 4.62. The summed E-state index contributed by atoms with van der Waals surface area (Å²) in [5.74, 6) is -0.619. The van der Waals surface area contributed by atoms with E-state index in [2.05, 4.69) is 25.2 Å². The third-order valence-corrected chi connectivity index (χ3v) is 5.17. The van der Waals surface area contributed by atoms with E-state index in [1.54, 1.807) is 12.1 Å². The Balaban J connectivity index is 1.93. The van der Waals surface area contributed by atoms with Crippen LogP contribution in [0, 0.1) is 5.41 Å². The predicted molar refractivity (Wildman–Crippen MR) is 103 cm³/mol. The summed E-state index contributed by atoms with van der Waals surface area (Å²) in [5.41, 5.74) is 9.89. The number of fused-ring (bicyclic) bond motifs is 1. The molecule has 1 amide bonds. The molecule has 0 aliphatic carbocycles. The van der Waals surface area contributed by atoms with Crippen LogP contribution in [0.3, 0.4) is 0 Å². The van der Waals surface area contributed by atoms with Crippen LogP contribution >= 0.6 is 0 Å². The van der Waals surface area contributed by atoms with E-state index in [4.69, 9.17) is 5.73 Å². The summed E-state index contributed by atoms with van der Waals surface area (Å²) in [7, 11) is -3.59. The van der Waals surface area contributed by atoms with Gasteiger partial charge in [0.05, 0.1) is 12.3 Å². The maximum absolute atomic E-state index is 12.1. The van der Waals surface area contributed by atoms with Crippen molar-refractivity contribution in [2.75, 3.05) is 17.3 Å². The van der Waals surface area contributed by atoms with E-state index >= 15 is 0 Å². The number of hydrogen-bond donors (Lipinski definition) is 3. The molecule has 0 bridgehead atoms. The lowest BCUT2D eigenvalue weighted by Gasteiger charge is -2.41.